The Hall–Kier alpha value is -3.56. The van der Waals surface area contributed by atoms with Crippen LogP contribution in [0.1, 0.15) is 17.0 Å². The standard InChI is InChI=1S/C19H18F3N5O2/c1-11-7-8-15(12(2)9-11)29-10-23-18(28)27-26-16-13-5-3-4-6-14(13)24-17(25-16)19(20,21)22/h3-9H,10H2,1-2H3,(H2,23,27,28)(H,24,25,26). The molecule has 0 bridgehead atoms. The zero-order chi connectivity index (χ0) is 21.0. The number of nitrogens with one attached hydrogen (secondary N) is 3. The molecular weight excluding hydrogens is 387 g/mol. The maximum Gasteiger partial charge on any atom is 0.451 e. The monoisotopic (exact) mass is 405 g/mol. The molecule has 152 valence electrons. The molecule has 1 heterocycles. The quantitative estimate of drug-likeness (QED) is 0.442. The number of halogens is 3. The van der Waals surface area contributed by atoms with Crippen LogP contribution in [0.25, 0.3) is 10.9 Å². The van der Waals surface area contributed by atoms with E-state index in [9.17, 15) is 18.0 Å². The fraction of sp³-hybridized carbons (Fsp3) is 0.211. The highest BCUT2D eigenvalue weighted by Crippen LogP contribution is 2.29. The van der Waals surface area contributed by atoms with Crippen molar-refractivity contribution in [2.24, 2.45) is 0 Å². The number of carbonyl (C=O) groups excluding carboxylic acids is 1. The van der Waals surface area contributed by atoms with Gasteiger partial charge in [0.15, 0.2) is 12.5 Å². The van der Waals surface area contributed by atoms with Gasteiger partial charge >= 0.3 is 12.2 Å². The number of amides is 2. The summed E-state index contributed by atoms with van der Waals surface area (Å²) in [5, 5.41) is 2.76. The normalized spacial score (nSPS) is 11.2. The Morgan fingerprint density at radius 3 is 2.59 bits per heavy atom. The first-order valence-corrected chi connectivity index (χ1v) is 8.58. The number of carbonyl (C=O) groups is 1. The smallest absolute Gasteiger partial charge is 0.451 e. The summed E-state index contributed by atoms with van der Waals surface area (Å²) in [6.07, 6.45) is -4.72. The molecule has 0 aliphatic rings. The van der Waals surface area contributed by atoms with Crippen LogP contribution in [0.3, 0.4) is 0 Å². The molecule has 2 amide bonds. The molecule has 7 nitrogen and oxygen atoms in total. The van der Waals surface area contributed by atoms with Crippen molar-refractivity contribution >= 4 is 22.8 Å². The molecule has 0 unspecified atom stereocenters. The van der Waals surface area contributed by atoms with Crippen molar-refractivity contribution in [3.05, 3.63) is 59.4 Å². The van der Waals surface area contributed by atoms with E-state index in [0.717, 1.165) is 11.1 Å². The van der Waals surface area contributed by atoms with Crippen molar-refractivity contribution in [3.8, 4) is 5.75 Å². The molecule has 3 N–H and O–H groups in total. The maximum absolute atomic E-state index is 13.0. The number of benzene rings is 2. The van der Waals surface area contributed by atoms with Gasteiger partial charge in [0, 0.05) is 5.39 Å². The van der Waals surface area contributed by atoms with Gasteiger partial charge in [-0.05, 0) is 37.6 Å². The number of anilines is 1. The summed E-state index contributed by atoms with van der Waals surface area (Å²) >= 11 is 0. The Bertz CT molecular complexity index is 1040. The van der Waals surface area contributed by atoms with E-state index in [1.165, 1.54) is 6.07 Å². The Morgan fingerprint density at radius 1 is 1.10 bits per heavy atom. The Kier molecular flexibility index (Phi) is 5.71. The molecule has 0 saturated heterocycles. The lowest BCUT2D eigenvalue weighted by Crippen LogP contribution is -2.41. The molecule has 0 atom stereocenters. The number of rotatable bonds is 5. The summed E-state index contributed by atoms with van der Waals surface area (Å²) < 4.78 is 44.5. The van der Waals surface area contributed by atoms with Crippen LogP contribution in [-0.2, 0) is 6.18 Å². The van der Waals surface area contributed by atoms with Gasteiger partial charge in [-0.3, -0.25) is 10.9 Å². The highest BCUT2D eigenvalue weighted by Gasteiger charge is 2.35. The number of nitrogens with zero attached hydrogens (tertiary/aromatic N) is 2. The van der Waals surface area contributed by atoms with Gasteiger partial charge in [0.25, 0.3) is 0 Å². The Balaban J connectivity index is 1.63. The number of hydrogen-bond donors (Lipinski definition) is 3. The van der Waals surface area contributed by atoms with Crippen LogP contribution in [-0.4, -0.2) is 22.7 Å². The minimum atomic E-state index is -4.72. The van der Waals surface area contributed by atoms with Gasteiger partial charge in [0.1, 0.15) is 5.75 Å². The number of hydrogen-bond acceptors (Lipinski definition) is 5. The largest absolute Gasteiger partial charge is 0.473 e. The second-order valence-electron chi connectivity index (χ2n) is 6.22. The minimum Gasteiger partial charge on any atom is -0.473 e. The Labute approximate surface area is 164 Å². The van der Waals surface area contributed by atoms with Crippen molar-refractivity contribution in [1.29, 1.82) is 0 Å². The van der Waals surface area contributed by atoms with E-state index < -0.39 is 18.0 Å². The van der Waals surface area contributed by atoms with Gasteiger partial charge in [-0.25, -0.2) is 14.8 Å². The van der Waals surface area contributed by atoms with Crippen LogP contribution in [0.4, 0.5) is 23.8 Å². The van der Waals surface area contributed by atoms with Crippen molar-refractivity contribution in [2.75, 3.05) is 12.2 Å². The predicted molar refractivity (Wildman–Crippen MR) is 101 cm³/mol. The number of aromatic nitrogens is 2. The van der Waals surface area contributed by atoms with E-state index in [1.807, 2.05) is 26.0 Å². The first-order valence-electron chi connectivity index (χ1n) is 8.58. The first kappa shape index (κ1) is 20.2. The number of aryl methyl sites for hydroxylation is 2. The first-order chi connectivity index (χ1) is 13.7. The molecule has 0 aliphatic heterocycles. The van der Waals surface area contributed by atoms with Gasteiger partial charge in [0.2, 0.25) is 5.82 Å². The number of hydrazine groups is 1. The van der Waals surface area contributed by atoms with E-state index in [-0.39, 0.29) is 18.1 Å². The molecule has 0 spiro atoms. The second kappa shape index (κ2) is 8.21. The third kappa shape index (κ3) is 5.03. The summed E-state index contributed by atoms with van der Waals surface area (Å²) in [6.45, 7) is 3.70. The maximum atomic E-state index is 13.0. The third-order valence-corrected chi connectivity index (χ3v) is 3.94. The molecule has 0 aliphatic carbocycles. The van der Waals surface area contributed by atoms with Gasteiger partial charge in [0.05, 0.1) is 5.52 Å². The van der Waals surface area contributed by atoms with Crippen molar-refractivity contribution < 1.29 is 22.7 Å². The topological polar surface area (TPSA) is 88.2 Å². The zero-order valence-electron chi connectivity index (χ0n) is 15.6. The molecule has 2 aromatic carbocycles. The second-order valence-corrected chi connectivity index (χ2v) is 6.22. The van der Waals surface area contributed by atoms with Gasteiger partial charge in [-0.2, -0.15) is 13.2 Å². The lowest BCUT2D eigenvalue weighted by atomic mass is 10.1. The van der Waals surface area contributed by atoms with Crippen LogP contribution in [0.2, 0.25) is 0 Å². The average Bonchev–Trinajstić information content (AvgIpc) is 2.67. The van der Waals surface area contributed by atoms with E-state index in [4.69, 9.17) is 4.74 Å². The lowest BCUT2D eigenvalue weighted by Gasteiger charge is -2.14. The average molecular weight is 405 g/mol. The molecule has 0 fully saturated rings. The SMILES string of the molecule is Cc1ccc(OCNC(=O)NNc2nc(C(F)(F)F)nc3ccccc23)c(C)c1. The van der Waals surface area contributed by atoms with Crippen LogP contribution >= 0.6 is 0 Å². The number of alkyl halides is 3. The summed E-state index contributed by atoms with van der Waals surface area (Å²) in [4.78, 5) is 18.9. The van der Waals surface area contributed by atoms with Gasteiger partial charge < -0.3 is 10.1 Å². The van der Waals surface area contributed by atoms with Gasteiger partial charge in [-0.15, -0.1) is 0 Å². The molecular formula is C19H18F3N5O2. The number of para-hydroxylation sites is 1. The molecule has 29 heavy (non-hydrogen) atoms. The highest BCUT2D eigenvalue weighted by atomic mass is 19.4. The third-order valence-electron chi connectivity index (χ3n) is 3.94. The molecule has 0 saturated carbocycles. The Morgan fingerprint density at radius 2 is 1.86 bits per heavy atom. The number of fused-ring (bicyclic) bond motifs is 1. The van der Waals surface area contributed by atoms with Crippen LogP contribution in [0, 0.1) is 13.8 Å². The van der Waals surface area contributed by atoms with E-state index >= 15 is 0 Å². The van der Waals surface area contributed by atoms with Gasteiger partial charge in [-0.1, -0.05) is 29.8 Å². The summed E-state index contributed by atoms with van der Waals surface area (Å²) in [6, 6.07) is 11.1. The minimum absolute atomic E-state index is 0.0951. The number of ether oxygens (including phenoxy) is 1. The molecule has 3 aromatic rings. The molecule has 0 radical (unpaired) electrons. The lowest BCUT2D eigenvalue weighted by molar-refractivity contribution is -0.144. The van der Waals surface area contributed by atoms with E-state index in [0.29, 0.717) is 11.1 Å². The summed E-state index contributed by atoms with van der Waals surface area (Å²) in [7, 11) is 0. The number of urea groups is 1. The van der Waals surface area contributed by atoms with Crippen molar-refractivity contribution in [2.45, 2.75) is 20.0 Å². The zero-order valence-corrected chi connectivity index (χ0v) is 15.6. The summed E-state index contributed by atoms with van der Waals surface area (Å²) in [5.41, 5.74) is 6.73. The molecule has 1 aromatic heterocycles. The predicted octanol–water partition coefficient (Wildman–Crippen LogP) is 3.93. The fourth-order valence-electron chi connectivity index (χ4n) is 2.60. The van der Waals surface area contributed by atoms with Crippen LogP contribution in [0.15, 0.2) is 42.5 Å². The fourth-order valence-corrected chi connectivity index (χ4v) is 2.60. The van der Waals surface area contributed by atoms with E-state index in [2.05, 4.69) is 26.1 Å². The van der Waals surface area contributed by atoms with Crippen molar-refractivity contribution in [3.63, 3.8) is 0 Å². The highest BCUT2D eigenvalue weighted by molar-refractivity contribution is 5.89. The van der Waals surface area contributed by atoms with Crippen LogP contribution < -0.4 is 20.9 Å². The molecule has 3 rings (SSSR count). The summed E-state index contributed by atoms with van der Waals surface area (Å²) in [5.74, 6) is -0.868. The van der Waals surface area contributed by atoms with Crippen LogP contribution in [0.5, 0.6) is 5.75 Å². The van der Waals surface area contributed by atoms with Crippen molar-refractivity contribution in [1.82, 2.24) is 20.7 Å². The van der Waals surface area contributed by atoms with E-state index in [1.54, 1.807) is 24.3 Å². The molecule has 10 heteroatoms.